The van der Waals surface area contributed by atoms with Gasteiger partial charge in [0.1, 0.15) is 0 Å². The highest BCUT2D eigenvalue weighted by Gasteiger charge is 2.15. The lowest BCUT2D eigenvalue weighted by Gasteiger charge is -2.18. The van der Waals surface area contributed by atoms with Crippen LogP contribution in [0.4, 0.5) is 5.69 Å². The molecule has 1 saturated carbocycles. The van der Waals surface area contributed by atoms with Gasteiger partial charge in [-0.25, -0.2) is 0 Å². The highest BCUT2D eigenvalue weighted by atomic mass is 16.1. The van der Waals surface area contributed by atoms with Crippen molar-refractivity contribution in [2.24, 2.45) is 5.92 Å². The average molecular weight is 248 g/mol. The molecule has 0 amide bonds. The summed E-state index contributed by atoms with van der Waals surface area (Å²) in [5, 5.41) is 3.58. The third-order valence-corrected chi connectivity index (χ3v) is 3.95. The first kappa shape index (κ1) is 13.2. The Bertz CT molecular complexity index is 438. The molecule has 1 fully saturated rings. The number of hydrogen-bond donors (Lipinski definition) is 1. The Hall–Kier alpha value is -1.25. The van der Waals surface area contributed by atoms with Crippen molar-refractivity contribution in [1.29, 1.82) is 0 Å². The van der Waals surface area contributed by atoms with Gasteiger partial charge in [0.2, 0.25) is 0 Å². The lowest BCUT2D eigenvalue weighted by Crippen LogP contribution is -2.22. The van der Waals surface area contributed by atoms with Crippen molar-refractivity contribution in [2.75, 3.05) is 5.32 Å². The fraction of sp³-hybridized carbons (Fsp3) is 0.667. The van der Waals surface area contributed by atoms with Crippen LogP contribution in [0.25, 0.3) is 0 Å². The summed E-state index contributed by atoms with van der Waals surface area (Å²) in [4.78, 5) is 11.5. The zero-order valence-electron chi connectivity index (χ0n) is 11.5. The van der Waals surface area contributed by atoms with Gasteiger partial charge >= 0.3 is 0 Å². The second-order valence-corrected chi connectivity index (χ2v) is 5.50. The number of aromatic nitrogens is 1. The van der Waals surface area contributed by atoms with Gasteiger partial charge in [-0.15, -0.1) is 0 Å². The van der Waals surface area contributed by atoms with Gasteiger partial charge in [-0.2, -0.15) is 0 Å². The van der Waals surface area contributed by atoms with Crippen molar-refractivity contribution in [3.8, 4) is 0 Å². The van der Waals surface area contributed by atoms with E-state index in [2.05, 4.69) is 12.2 Å². The van der Waals surface area contributed by atoms with Gasteiger partial charge in [0.05, 0.1) is 5.69 Å². The Morgan fingerprint density at radius 2 is 2.11 bits per heavy atom. The number of nitrogens with one attached hydrogen (secondary N) is 1. The topological polar surface area (TPSA) is 34.0 Å². The SMILES string of the molecule is CCn1cc(NC2CCCC(C)CC2)ccc1=O. The van der Waals surface area contributed by atoms with Crippen LogP contribution in [0.3, 0.4) is 0 Å². The minimum Gasteiger partial charge on any atom is -0.381 e. The molecule has 0 radical (unpaired) electrons. The molecule has 3 nitrogen and oxygen atoms in total. The van der Waals surface area contributed by atoms with Crippen molar-refractivity contribution in [2.45, 2.75) is 58.5 Å². The van der Waals surface area contributed by atoms with Crippen LogP contribution in [0.5, 0.6) is 0 Å². The van der Waals surface area contributed by atoms with Crippen molar-refractivity contribution in [1.82, 2.24) is 4.57 Å². The van der Waals surface area contributed by atoms with E-state index >= 15 is 0 Å². The minimum absolute atomic E-state index is 0.0811. The number of nitrogens with zero attached hydrogens (tertiary/aromatic N) is 1. The molecule has 3 heteroatoms. The van der Waals surface area contributed by atoms with Crippen LogP contribution in [0.15, 0.2) is 23.1 Å². The van der Waals surface area contributed by atoms with Gasteiger partial charge in [-0.05, 0) is 38.2 Å². The Morgan fingerprint density at radius 1 is 1.28 bits per heavy atom. The highest BCUT2D eigenvalue weighted by molar-refractivity contribution is 5.41. The Morgan fingerprint density at radius 3 is 2.89 bits per heavy atom. The molecule has 1 aliphatic rings. The van der Waals surface area contributed by atoms with E-state index in [4.69, 9.17) is 0 Å². The molecule has 0 aliphatic heterocycles. The summed E-state index contributed by atoms with van der Waals surface area (Å²) in [6.45, 7) is 5.08. The molecule has 2 atom stereocenters. The summed E-state index contributed by atoms with van der Waals surface area (Å²) >= 11 is 0. The maximum absolute atomic E-state index is 11.5. The summed E-state index contributed by atoms with van der Waals surface area (Å²) < 4.78 is 1.75. The Labute approximate surface area is 109 Å². The maximum atomic E-state index is 11.5. The van der Waals surface area contributed by atoms with Crippen LogP contribution in [0, 0.1) is 5.92 Å². The van der Waals surface area contributed by atoms with Gasteiger partial charge in [0, 0.05) is 24.8 Å². The van der Waals surface area contributed by atoms with E-state index < -0.39 is 0 Å². The van der Waals surface area contributed by atoms with E-state index in [1.807, 2.05) is 19.2 Å². The number of anilines is 1. The smallest absolute Gasteiger partial charge is 0.250 e. The molecule has 2 unspecified atom stereocenters. The molecule has 2 rings (SSSR count). The summed E-state index contributed by atoms with van der Waals surface area (Å²) in [5.41, 5.74) is 1.16. The molecular formula is C15H24N2O. The predicted octanol–water partition coefficient (Wildman–Crippen LogP) is 3.25. The van der Waals surface area contributed by atoms with E-state index in [1.165, 1.54) is 32.1 Å². The van der Waals surface area contributed by atoms with Crippen molar-refractivity contribution >= 4 is 5.69 Å². The zero-order chi connectivity index (χ0) is 13.0. The monoisotopic (exact) mass is 248 g/mol. The fourth-order valence-electron chi connectivity index (χ4n) is 2.73. The van der Waals surface area contributed by atoms with Gasteiger partial charge < -0.3 is 9.88 Å². The van der Waals surface area contributed by atoms with Crippen molar-refractivity contribution in [3.05, 3.63) is 28.7 Å². The number of rotatable bonds is 3. The number of pyridine rings is 1. The first-order valence-electron chi connectivity index (χ1n) is 7.16. The van der Waals surface area contributed by atoms with E-state index in [0.29, 0.717) is 6.04 Å². The van der Waals surface area contributed by atoms with Crippen LogP contribution in [0.1, 0.15) is 46.0 Å². The summed E-state index contributed by atoms with van der Waals surface area (Å²) in [5.74, 6) is 0.862. The Balaban J connectivity index is 2.02. The Kier molecular flexibility index (Phi) is 4.45. The van der Waals surface area contributed by atoms with Crippen LogP contribution >= 0.6 is 0 Å². The highest BCUT2D eigenvalue weighted by Crippen LogP contribution is 2.24. The summed E-state index contributed by atoms with van der Waals surface area (Å²) in [6, 6.07) is 4.13. The molecular weight excluding hydrogens is 224 g/mol. The molecule has 1 N–H and O–H groups in total. The number of hydrogen-bond acceptors (Lipinski definition) is 2. The van der Waals surface area contributed by atoms with E-state index in [1.54, 1.807) is 10.6 Å². The molecule has 1 aromatic rings. The second kappa shape index (κ2) is 6.07. The first-order valence-corrected chi connectivity index (χ1v) is 7.16. The van der Waals surface area contributed by atoms with E-state index in [0.717, 1.165) is 18.2 Å². The zero-order valence-corrected chi connectivity index (χ0v) is 11.5. The fourth-order valence-corrected chi connectivity index (χ4v) is 2.73. The molecule has 0 saturated heterocycles. The van der Waals surface area contributed by atoms with Gasteiger partial charge in [-0.1, -0.05) is 19.8 Å². The van der Waals surface area contributed by atoms with Gasteiger partial charge in [0.25, 0.3) is 5.56 Å². The molecule has 0 spiro atoms. The molecule has 0 bridgehead atoms. The normalized spacial score (nSPS) is 24.6. The summed E-state index contributed by atoms with van der Waals surface area (Å²) in [7, 11) is 0. The largest absolute Gasteiger partial charge is 0.381 e. The third kappa shape index (κ3) is 3.37. The number of aryl methyl sites for hydroxylation is 1. The third-order valence-electron chi connectivity index (χ3n) is 3.95. The van der Waals surface area contributed by atoms with Crippen LogP contribution in [-0.2, 0) is 6.54 Å². The molecule has 0 aromatic carbocycles. The second-order valence-electron chi connectivity index (χ2n) is 5.50. The quantitative estimate of drug-likeness (QED) is 0.833. The summed E-state index contributed by atoms with van der Waals surface area (Å²) in [6.07, 6.45) is 8.41. The van der Waals surface area contributed by atoms with E-state index in [-0.39, 0.29) is 5.56 Å². The molecule has 1 aromatic heterocycles. The van der Waals surface area contributed by atoms with Crippen molar-refractivity contribution < 1.29 is 0 Å². The van der Waals surface area contributed by atoms with Gasteiger partial charge in [0.15, 0.2) is 0 Å². The van der Waals surface area contributed by atoms with E-state index in [9.17, 15) is 4.79 Å². The van der Waals surface area contributed by atoms with Crippen LogP contribution < -0.4 is 10.9 Å². The van der Waals surface area contributed by atoms with Crippen LogP contribution in [-0.4, -0.2) is 10.6 Å². The first-order chi connectivity index (χ1) is 8.69. The molecule has 1 aliphatic carbocycles. The van der Waals surface area contributed by atoms with Crippen molar-refractivity contribution in [3.63, 3.8) is 0 Å². The predicted molar refractivity (Wildman–Crippen MR) is 76.0 cm³/mol. The molecule has 1 heterocycles. The minimum atomic E-state index is 0.0811. The van der Waals surface area contributed by atoms with Gasteiger partial charge in [-0.3, -0.25) is 4.79 Å². The van der Waals surface area contributed by atoms with Crippen LogP contribution in [0.2, 0.25) is 0 Å². The lowest BCUT2D eigenvalue weighted by atomic mass is 10.0. The molecule has 18 heavy (non-hydrogen) atoms. The molecule has 100 valence electrons. The standard InChI is InChI=1S/C15H24N2O/c1-3-17-11-14(9-10-15(17)18)16-13-6-4-5-12(2)7-8-13/h9-13,16H,3-8H2,1-2H3. The average Bonchev–Trinajstić information content (AvgIpc) is 2.57. The maximum Gasteiger partial charge on any atom is 0.250 e. The lowest BCUT2D eigenvalue weighted by molar-refractivity contribution is 0.502.